The molecule has 0 saturated carbocycles. The van der Waals surface area contributed by atoms with Gasteiger partial charge in [0, 0.05) is 22.5 Å². The summed E-state index contributed by atoms with van der Waals surface area (Å²) < 4.78 is 38.5. The zero-order chi connectivity index (χ0) is 13.2. The van der Waals surface area contributed by atoms with Crippen LogP contribution in [0.5, 0.6) is 0 Å². The van der Waals surface area contributed by atoms with Gasteiger partial charge in [0.1, 0.15) is 0 Å². The monoisotopic (exact) mass is 275 g/mol. The molecule has 3 nitrogen and oxygen atoms in total. The number of nitrogens with one attached hydrogen (secondary N) is 1. The van der Waals surface area contributed by atoms with Gasteiger partial charge >= 0.3 is 6.18 Å². The van der Waals surface area contributed by atoms with Crippen LogP contribution in [-0.4, -0.2) is 16.8 Å². The van der Waals surface area contributed by atoms with E-state index in [0.29, 0.717) is 6.54 Å². The van der Waals surface area contributed by atoms with Crippen LogP contribution < -0.4 is 5.32 Å². The topological polar surface area (TPSA) is 29.9 Å². The van der Waals surface area contributed by atoms with Gasteiger partial charge in [0.25, 0.3) is 0 Å². The molecule has 0 atom stereocenters. The maximum absolute atomic E-state index is 12.4. The molecule has 0 saturated heterocycles. The zero-order valence-corrected chi connectivity index (χ0v) is 10.5. The smallest absolute Gasteiger partial charge is 0.315 e. The van der Waals surface area contributed by atoms with Gasteiger partial charge in [-0.3, -0.25) is 4.68 Å². The van der Waals surface area contributed by atoms with Crippen molar-refractivity contribution in [2.75, 3.05) is 7.05 Å². The molecule has 2 rings (SSSR count). The Bertz CT molecular complexity index is 516. The van der Waals surface area contributed by atoms with Crippen molar-refractivity contribution in [3.63, 3.8) is 0 Å². The van der Waals surface area contributed by atoms with Crippen molar-refractivity contribution in [3.05, 3.63) is 39.8 Å². The minimum Gasteiger partial charge on any atom is -0.315 e. The fourth-order valence-corrected chi connectivity index (χ4v) is 2.55. The van der Waals surface area contributed by atoms with Crippen LogP contribution in [0.3, 0.4) is 0 Å². The van der Waals surface area contributed by atoms with Gasteiger partial charge in [0.05, 0.1) is 18.3 Å². The highest BCUT2D eigenvalue weighted by Crippen LogP contribution is 2.28. The summed E-state index contributed by atoms with van der Waals surface area (Å²) in [5.74, 6) is 0. The Kier molecular flexibility index (Phi) is 3.72. The van der Waals surface area contributed by atoms with E-state index in [-0.39, 0.29) is 0 Å². The van der Waals surface area contributed by atoms with Gasteiger partial charge in [0.2, 0.25) is 0 Å². The minimum absolute atomic E-state index is 0.366. The van der Waals surface area contributed by atoms with Crippen molar-refractivity contribution in [2.24, 2.45) is 0 Å². The number of hydrogen-bond donors (Lipinski definition) is 1. The number of nitrogens with zero attached hydrogens (tertiary/aromatic N) is 2. The fourth-order valence-electron chi connectivity index (χ4n) is 1.53. The third-order valence-corrected chi connectivity index (χ3v) is 3.42. The summed E-state index contributed by atoms with van der Waals surface area (Å²) in [7, 11) is 1.85. The molecule has 0 unspecified atom stereocenters. The van der Waals surface area contributed by atoms with Crippen molar-refractivity contribution in [2.45, 2.75) is 19.3 Å². The highest BCUT2D eigenvalue weighted by molar-refractivity contribution is 7.11. The van der Waals surface area contributed by atoms with Crippen LogP contribution in [0.4, 0.5) is 13.2 Å². The van der Waals surface area contributed by atoms with Crippen molar-refractivity contribution in [1.82, 2.24) is 15.1 Å². The predicted molar refractivity (Wildman–Crippen MR) is 63.4 cm³/mol. The van der Waals surface area contributed by atoms with Gasteiger partial charge in [-0.25, -0.2) is 0 Å². The summed E-state index contributed by atoms with van der Waals surface area (Å²) in [6, 6.07) is 3.87. The average Bonchev–Trinajstić information content (AvgIpc) is 2.88. The molecule has 7 heteroatoms. The molecule has 0 aliphatic carbocycles. The maximum Gasteiger partial charge on any atom is 0.419 e. The SMILES string of the molecule is CNCc1ccc(Cn2cc(C(F)(F)F)cn2)s1. The van der Waals surface area contributed by atoms with Gasteiger partial charge in [0.15, 0.2) is 0 Å². The average molecular weight is 275 g/mol. The molecule has 0 bridgehead atoms. The Hall–Kier alpha value is -1.34. The molecular formula is C11H12F3N3S. The molecule has 1 N–H and O–H groups in total. The molecule has 0 fully saturated rings. The third kappa shape index (κ3) is 3.11. The summed E-state index contributed by atoms with van der Waals surface area (Å²) >= 11 is 1.56. The van der Waals surface area contributed by atoms with Gasteiger partial charge in [-0.05, 0) is 19.2 Å². The molecule has 2 aromatic heterocycles. The van der Waals surface area contributed by atoms with Crippen molar-refractivity contribution >= 4 is 11.3 Å². The first-order valence-electron chi connectivity index (χ1n) is 5.31. The second-order valence-electron chi connectivity index (χ2n) is 3.82. The van der Waals surface area contributed by atoms with Gasteiger partial charge in [-0.1, -0.05) is 0 Å². The molecule has 2 heterocycles. The lowest BCUT2D eigenvalue weighted by atomic mass is 10.3. The molecule has 18 heavy (non-hydrogen) atoms. The molecule has 0 radical (unpaired) electrons. The van der Waals surface area contributed by atoms with Gasteiger partial charge in [-0.15, -0.1) is 11.3 Å². The third-order valence-electron chi connectivity index (χ3n) is 2.35. The van der Waals surface area contributed by atoms with Crippen LogP contribution in [0.2, 0.25) is 0 Å². The molecular weight excluding hydrogens is 263 g/mol. The maximum atomic E-state index is 12.4. The summed E-state index contributed by atoms with van der Waals surface area (Å²) in [5, 5.41) is 6.75. The second-order valence-corrected chi connectivity index (χ2v) is 5.08. The van der Waals surface area contributed by atoms with Crippen LogP contribution in [-0.2, 0) is 19.3 Å². The fraction of sp³-hybridized carbons (Fsp3) is 0.364. The number of aromatic nitrogens is 2. The normalized spacial score (nSPS) is 12.0. The summed E-state index contributed by atoms with van der Waals surface area (Å²) in [6.07, 6.45) is -2.45. The lowest BCUT2D eigenvalue weighted by molar-refractivity contribution is -0.137. The van der Waals surface area contributed by atoms with E-state index in [2.05, 4.69) is 10.4 Å². The molecule has 0 aliphatic heterocycles. The number of alkyl halides is 3. The minimum atomic E-state index is -4.33. The van der Waals surface area contributed by atoms with Crippen molar-refractivity contribution in [1.29, 1.82) is 0 Å². The summed E-state index contributed by atoms with van der Waals surface area (Å²) in [6.45, 7) is 1.13. The van der Waals surface area contributed by atoms with E-state index in [9.17, 15) is 13.2 Å². The van der Waals surface area contributed by atoms with E-state index >= 15 is 0 Å². The molecule has 0 aliphatic rings. The van der Waals surface area contributed by atoms with E-state index in [1.54, 1.807) is 11.3 Å². The zero-order valence-electron chi connectivity index (χ0n) is 9.66. The van der Waals surface area contributed by atoms with Gasteiger partial charge < -0.3 is 5.32 Å². The number of halogens is 3. The standard InChI is InChI=1S/C11H12F3N3S/c1-15-5-9-2-3-10(18-9)7-17-6-8(4-16-17)11(12,13)14/h2-4,6,15H,5,7H2,1H3. The number of hydrogen-bond acceptors (Lipinski definition) is 3. The Balaban J connectivity index is 2.06. The Labute approximate surface area is 106 Å². The predicted octanol–water partition coefficient (Wildman–Crippen LogP) is 2.73. The van der Waals surface area contributed by atoms with Crippen molar-refractivity contribution < 1.29 is 13.2 Å². The Morgan fingerprint density at radius 1 is 1.33 bits per heavy atom. The van der Waals surface area contributed by atoms with Crippen LogP contribution >= 0.6 is 11.3 Å². The highest BCUT2D eigenvalue weighted by atomic mass is 32.1. The van der Waals surface area contributed by atoms with E-state index in [4.69, 9.17) is 0 Å². The molecule has 98 valence electrons. The van der Waals surface area contributed by atoms with Crippen LogP contribution in [0.1, 0.15) is 15.3 Å². The largest absolute Gasteiger partial charge is 0.419 e. The second kappa shape index (κ2) is 5.11. The van der Waals surface area contributed by atoms with E-state index in [0.717, 1.165) is 28.7 Å². The van der Waals surface area contributed by atoms with Crippen LogP contribution in [0, 0.1) is 0 Å². The molecule has 2 aromatic rings. The highest BCUT2D eigenvalue weighted by Gasteiger charge is 2.32. The van der Waals surface area contributed by atoms with E-state index in [1.807, 2.05) is 19.2 Å². The first-order chi connectivity index (χ1) is 8.49. The number of thiophene rings is 1. The van der Waals surface area contributed by atoms with Crippen molar-refractivity contribution in [3.8, 4) is 0 Å². The first kappa shape index (κ1) is 13.1. The lowest BCUT2D eigenvalue weighted by Gasteiger charge is -2.01. The lowest BCUT2D eigenvalue weighted by Crippen LogP contribution is -2.03. The number of rotatable bonds is 4. The molecule has 0 amide bonds. The quantitative estimate of drug-likeness (QED) is 0.929. The van der Waals surface area contributed by atoms with E-state index < -0.39 is 11.7 Å². The van der Waals surface area contributed by atoms with Gasteiger partial charge in [-0.2, -0.15) is 18.3 Å². The Morgan fingerprint density at radius 3 is 2.67 bits per heavy atom. The summed E-state index contributed by atoms with van der Waals surface area (Å²) in [5.41, 5.74) is -0.713. The first-order valence-corrected chi connectivity index (χ1v) is 6.12. The van der Waals surface area contributed by atoms with E-state index in [1.165, 1.54) is 4.68 Å². The molecule has 0 spiro atoms. The summed E-state index contributed by atoms with van der Waals surface area (Å²) in [4.78, 5) is 2.13. The molecule has 0 aromatic carbocycles. The van der Waals surface area contributed by atoms with Crippen LogP contribution in [0.15, 0.2) is 24.5 Å². The Morgan fingerprint density at radius 2 is 2.06 bits per heavy atom. The van der Waals surface area contributed by atoms with Crippen LogP contribution in [0.25, 0.3) is 0 Å².